The summed E-state index contributed by atoms with van der Waals surface area (Å²) in [7, 11) is 0. The molecule has 1 aliphatic heterocycles. The zero-order chi connectivity index (χ0) is 18.5. The Bertz CT molecular complexity index is 917. The van der Waals surface area contributed by atoms with Gasteiger partial charge in [-0.3, -0.25) is 9.88 Å². The van der Waals surface area contributed by atoms with Gasteiger partial charge in [-0.15, -0.1) is 0 Å². The third kappa shape index (κ3) is 4.63. The van der Waals surface area contributed by atoms with Crippen LogP contribution in [0.3, 0.4) is 0 Å². The Morgan fingerprint density at radius 1 is 0.852 bits per heavy atom. The van der Waals surface area contributed by atoms with E-state index >= 15 is 0 Å². The van der Waals surface area contributed by atoms with Gasteiger partial charge in [-0.05, 0) is 47.9 Å². The van der Waals surface area contributed by atoms with Crippen LogP contribution in [0.4, 0.5) is 0 Å². The lowest BCUT2D eigenvalue weighted by Gasteiger charge is -2.26. The SMILES string of the molecule is Cc1ccc(CN(CC2=Cc3ccccc3OC2)Cc2ccncc2)cc1. The number of hydrogen-bond acceptors (Lipinski definition) is 3. The second-order valence-corrected chi connectivity index (χ2v) is 7.12. The molecule has 0 fully saturated rings. The summed E-state index contributed by atoms with van der Waals surface area (Å²) in [5, 5.41) is 0. The summed E-state index contributed by atoms with van der Waals surface area (Å²) in [6, 6.07) is 21.2. The van der Waals surface area contributed by atoms with Gasteiger partial charge in [0.2, 0.25) is 0 Å². The van der Waals surface area contributed by atoms with Crippen LogP contribution in [-0.4, -0.2) is 23.0 Å². The van der Waals surface area contributed by atoms with E-state index in [4.69, 9.17) is 4.74 Å². The normalized spacial score (nSPS) is 13.0. The van der Waals surface area contributed by atoms with Gasteiger partial charge in [0.05, 0.1) is 0 Å². The summed E-state index contributed by atoms with van der Waals surface area (Å²) < 4.78 is 5.95. The van der Waals surface area contributed by atoms with E-state index < -0.39 is 0 Å². The number of para-hydroxylation sites is 1. The summed E-state index contributed by atoms with van der Waals surface area (Å²) in [5.74, 6) is 0.973. The molecule has 0 radical (unpaired) electrons. The molecule has 1 aliphatic rings. The molecular weight excluding hydrogens is 332 g/mol. The minimum atomic E-state index is 0.651. The molecule has 0 atom stereocenters. The van der Waals surface area contributed by atoms with Crippen LogP contribution in [0.15, 0.2) is 78.6 Å². The van der Waals surface area contributed by atoms with Crippen molar-refractivity contribution in [2.24, 2.45) is 0 Å². The minimum Gasteiger partial charge on any atom is -0.489 e. The molecule has 0 N–H and O–H groups in total. The predicted octanol–water partition coefficient (Wildman–Crippen LogP) is 4.87. The first kappa shape index (κ1) is 17.5. The summed E-state index contributed by atoms with van der Waals surface area (Å²) in [5.41, 5.74) is 6.36. The van der Waals surface area contributed by atoms with Crippen LogP contribution in [0.1, 0.15) is 22.3 Å². The summed E-state index contributed by atoms with van der Waals surface area (Å²) >= 11 is 0. The molecule has 0 amide bonds. The fourth-order valence-corrected chi connectivity index (χ4v) is 3.41. The molecule has 3 aromatic rings. The maximum atomic E-state index is 5.95. The van der Waals surface area contributed by atoms with Gasteiger partial charge >= 0.3 is 0 Å². The second kappa shape index (κ2) is 8.19. The van der Waals surface area contributed by atoms with Crippen LogP contribution in [0.5, 0.6) is 5.75 Å². The van der Waals surface area contributed by atoms with Gasteiger partial charge in [0.15, 0.2) is 0 Å². The number of aromatic nitrogens is 1. The molecule has 0 bridgehead atoms. The largest absolute Gasteiger partial charge is 0.489 e. The average Bonchev–Trinajstić information content (AvgIpc) is 2.70. The van der Waals surface area contributed by atoms with Crippen LogP contribution in [0.25, 0.3) is 6.08 Å². The Balaban J connectivity index is 1.54. The zero-order valence-electron chi connectivity index (χ0n) is 15.6. The van der Waals surface area contributed by atoms with Crippen molar-refractivity contribution in [1.82, 2.24) is 9.88 Å². The Hall–Kier alpha value is -2.91. The molecule has 0 spiro atoms. The Morgan fingerprint density at radius 2 is 1.56 bits per heavy atom. The molecule has 3 heteroatoms. The van der Waals surface area contributed by atoms with E-state index in [9.17, 15) is 0 Å². The molecule has 27 heavy (non-hydrogen) atoms. The van der Waals surface area contributed by atoms with Gasteiger partial charge in [-0.2, -0.15) is 0 Å². The lowest BCUT2D eigenvalue weighted by Crippen LogP contribution is -2.27. The van der Waals surface area contributed by atoms with E-state index in [1.54, 1.807) is 0 Å². The average molecular weight is 356 g/mol. The van der Waals surface area contributed by atoms with Gasteiger partial charge < -0.3 is 4.74 Å². The van der Waals surface area contributed by atoms with Crippen LogP contribution >= 0.6 is 0 Å². The molecular formula is C24H24N2O. The van der Waals surface area contributed by atoms with Gasteiger partial charge in [0.1, 0.15) is 12.4 Å². The highest BCUT2D eigenvalue weighted by atomic mass is 16.5. The van der Waals surface area contributed by atoms with Gasteiger partial charge in [-0.1, -0.05) is 48.0 Å². The smallest absolute Gasteiger partial charge is 0.127 e. The van der Waals surface area contributed by atoms with Crippen molar-refractivity contribution in [2.75, 3.05) is 13.2 Å². The highest BCUT2D eigenvalue weighted by Crippen LogP contribution is 2.26. The monoisotopic (exact) mass is 356 g/mol. The molecule has 0 aliphatic carbocycles. The number of rotatable bonds is 6. The Kier molecular flexibility index (Phi) is 5.31. The molecule has 2 aromatic carbocycles. The van der Waals surface area contributed by atoms with Crippen molar-refractivity contribution >= 4 is 6.08 Å². The molecule has 136 valence electrons. The van der Waals surface area contributed by atoms with E-state index in [-0.39, 0.29) is 0 Å². The third-order valence-electron chi connectivity index (χ3n) is 4.80. The Labute approximate surface area is 160 Å². The van der Waals surface area contributed by atoms with Crippen molar-refractivity contribution in [3.8, 4) is 5.75 Å². The van der Waals surface area contributed by atoms with E-state index in [1.165, 1.54) is 22.3 Å². The van der Waals surface area contributed by atoms with Crippen molar-refractivity contribution in [3.63, 3.8) is 0 Å². The number of fused-ring (bicyclic) bond motifs is 1. The number of aryl methyl sites for hydroxylation is 1. The standard InChI is InChI=1S/C24H24N2O/c1-19-6-8-20(9-7-19)15-26(16-21-10-12-25-13-11-21)17-22-14-23-4-2-3-5-24(23)27-18-22/h2-14H,15-18H2,1H3. The molecule has 0 saturated carbocycles. The van der Waals surface area contributed by atoms with Crippen molar-refractivity contribution in [1.29, 1.82) is 0 Å². The zero-order valence-corrected chi connectivity index (χ0v) is 15.6. The Morgan fingerprint density at radius 3 is 2.33 bits per heavy atom. The predicted molar refractivity (Wildman–Crippen MR) is 109 cm³/mol. The van der Waals surface area contributed by atoms with Crippen molar-refractivity contribution < 1.29 is 4.74 Å². The fraction of sp³-hybridized carbons (Fsp3) is 0.208. The number of ether oxygens (including phenoxy) is 1. The first-order valence-electron chi connectivity index (χ1n) is 9.34. The van der Waals surface area contributed by atoms with Gasteiger partial charge in [-0.25, -0.2) is 0 Å². The van der Waals surface area contributed by atoms with Gasteiger partial charge in [0.25, 0.3) is 0 Å². The maximum Gasteiger partial charge on any atom is 0.127 e. The van der Waals surface area contributed by atoms with E-state index in [0.29, 0.717) is 6.61 Å². The van der Waals surface area contributed by atoms with Gasteiger partial charge in [0, 0.05) is 37.6 Å². The molecule has 0 unspecified atom stereocenters. The molecule has 2 heterocycles. The summed E-state index contributed by atoms with van der Waals surface area (Å²) in [4.78, 5) is 6.60. The first-order chi connectivity index (χ1) is 13.3. The van der Waals surface area contributed by atoms with Crippen LogP contribution < -0.4 is 4.74 Å². The quantitative estimate of drug-likeness (QED) is 0.630. The van der Waals surface area contributed by atoms with Crippen LogP contribution in [0.2, 0.25) is 0 Å². The van der Waals surface area contributed by atoms with Crippen LogP contribution in [-0.2, 0) is 13.1 Å². The molecule has 3 nitrogen and oxygen atoms in total. The van der Waals surface area contributed by atoms with Crippen molar-refractivity contribution in [2.45, 2.75) is 20.0 Å². The first-order valence-corrected chi connectivity index (χ1v) is 9.34. The number of benzene rings is 2. The van der Waals surface area contributed by atoms with E-state index in [1.807, 2.05) is 24.5 Å². The lowest BCUT2D eigenvalue weighted by molar-refractivity contribution is 0.259. The van der Waals surface area contributed by atoms with E-state index in [2.05, 4.69) is 71.4 Å². The highest BCUT2D eigenvalue weighted by molar-refractivity contribution is 5.62. The fourth-order valence-electron chi connectivity index (χ4n) is 3.41. The highest BCUT2D eigenvalue weighted by Gasteiger charge is 2.15. The number of pyridine rings is 1. The second-order valence-electron chi connectivity index (χ2n) is 7.12. The molecule has 0 saturated heterocycles. The number of nitrogens with zero attached hydrogens (tertiary/aromatic N) is 2. The molecule has 4 rings (SSSR count). The molecule has 1 aromatic heterocycles. The number of hydrogen-bond donors (Lipinski definition) is 0. The maximum absolute atomic E-state index is 5.95. The van der Waals surface area contributed by atoms with E-state index in [0.717, 1.165) is 30.9 Å². The van der Waals surface area contributed by atoms with Crippen LogP contribution in [0, 0.1) is 6.92 Å². The van der Waals surface area contributed by atoms with Crippen molar-refractivity contribution in [3.05, 3.63) is 101 Å². The third-order valence-corrected chi connectivity index (χ3v) is 4.80. The minimum absolute atomic E-state index is 0.651. The summed E-state index contributed by atoms with van der Waals surface area (Å²) in [6.45, 7) is 5.44. The lowest BCUT2D eigenvalue weighted by atomic mass is 10.1. The topological polar surface area (TPSA) is 25.4 Å². The summed E-state index contributed by atoms with van der Waals surface area (Å²) in [6.07, 6.45) is 5.99.